The van der Waals surface area contributed by atoms with Crippen molar-refractivity contribution in [1.29, 1.82) is 0 Å². The lowest BCUT2D eigenvalue weighted by Gasteiger charge is -2.15. The summed E-state index contributed by atoms with van der Waals surface area (Å²) in [7, 11) is 1.82. The zero-order valence-corrected chi connectivity index (χ0v) is 13.9. The Hall–Kier alpha value is -1.07. The standard InChI is InChI=1S/C17H31N3O2/c1-18-17(20-11-8-15-6-3-2-4-7-15)19-10-5-12-22-16-9-13-21-14-16/h6,16H,2-5,7-14H2,1H3,(H2,18,19,20). The maximum atomic E-state index is 5.75. The van der Waals surface area contributed by atoms with E-state index in [0.717, 1.165) is 58.1 Å². The Balaban J connectivity index is 1.48. The lowest BCUT2D eigenvalue weighted by molar-refractivity contribution is 0.0420. The van der Waals surface area contributed by atoms with E-state index < -0.39 is 0 Å². The molecule has 0 spiro atoms. The van der Waals surface area contributed by atoms with Gasteiger partial charge in [0.15, 0.2) is 5.96 Å². The number of ether oxygens (including phenoxy) is 2. The maximum absolute atomic E-state index is 5.75. The SMILES string of the molecule is CN=C(NCCCOC1CCOC1)NCCC1=CCCCC1. The first kappa shape index (κ1) is 17.3. The van der Waals surface area contributed by atoms with Gasteiger partial charge in [0.05, 0.1) is 12.7 Å². The quantitative estimate of drug-likeness (QED) is 0.312. The second-order valence-corrected chi connectivity index (χ2v) is 5.99. The van der Waals surface area contributed by atoms with Gasteiger partial charge in [0.1, 0.15) is 0 Å². The van der Waals surface area contributed by atoms with E-state index in [2.05, 4.69) is 21.7 Å². The molecule has 22 heavy (non-hydrogen) atoms. The predicted octanol–water partition coefficient (Wildman–Crippen LogP) is 2.24. The van der Waals surface area contributed by atoms with Crippen molar-refractivity contribution in [2.24, 2.45) is 4.99 Å². The smallest absolute Gasteiger partial charge is 0.190 e. The Morgan fingerprint density at radius 3 is 3.00 bits per heavy atom. The van der Waals surface area contributed by atoms with Crippen LogP contribution >= 0.6 is 0 Å². The van der Waals surface area contributed by atoms with Gasteiger partial charge < -0.3 is 20.1 Å². The Morgan fingerprint density at radius 1 is 1.36 bits per heavy atom. The molecule has 1 aliphatic heterocycles. The van der Waals surface area contributed by atoms with Crippen molar-refractivity contribution in [3.05, 3.63) is 11.6 Å². The number of allylic oxidation sites excluding steroid dienone is 1. The highest BCUT2D eigenvalue weighted by Crippen LogP contribution is 2.19. The van der Waals surface area contributed by atoms with E-state index in [0.29, 0.717) is 6.10 Å². The number of guanidine groups is 1. The topological polar surface area (TPSA) is 54.9 Å². The van der Waals surface area contributed by atoms with Crippen LogP contribution in [0.3, 0.4) is 0 Å². The molecule has 1 fully saturated rings. The highest BCUT2D eigenvalue weighted by atomic mass is 16.5. The fraction of sp³-hybridized carbons (Fsp3) is 0.824. The van der Waals surface area contributed by atoms with Gasteiger partial charge in [-0.15, -0.1) is 0 Å². The normalized spacial score (nSPS) is 22.5. The van der Waals surface area contributed by atoms with Gasteiger partial charge >= 0.3 is 0 Å². The zero-order chi connectivity index (χ0) is 15.5. The molecule has 2 aliphatic rings. The van der Waals surface area contributed by atoms with Gasteiger partial charge in [0.25, 0.3) is 0 Å². The van der Waals surface area contributed by atoms with Crippen molar-refractivity contribution in [3.63, 3.8) is 0 Å². The molecular formula is C17H31N3O2. The number of hydrogen-bond acceptors (Lipinski definition) is 3. The van der Waals surface area contributed by atoms with Crippen molar-refractivity contribution in [2.45, 2.75) is 51.0 Å². The number of rotatable bonds is 8. The highest BCUT2D eigenvalue weighted by Gasteiger charge is 2.15. The van der Waals surface area contributed by atoms with Gasteiger partial charge in [0, 0.05) is 33.4 Å². The molecule has 0 aromatic heterocycles. The summed E-state index contributed by atoms with van der Waals surface area (Å²) in [6.07, 6.45) is 11.1. The Kier molecular flexibility index (Phi) is 8.35. The Labute approximate surface area is 134 Å². The first-order chi connectivity index (χ1) is 10.9. The maximum Gasteiger partial charge on any atom is 0.190 e. The van der Waals surface area contributed by atoms with Crippen molar-refractivity contribution < 1.29 is 9.47 Å². The lowest BCUT2D eigenvalue weighted by atomic mass is 9.97. The summed E-state index contributed by atoms with van der Waals surface area (Å²) in [5.74, 6) is 0.889. The zero-order valence-electron chi connectivity index (χ0n) is 13.9. The van der Waals surface area contributed by atoms with E-state index in [-0.39, 0.29) is 0 Å². The Morgan fingerprint density at radius 2 is 2.27 bits per heavy atom. The molecule has 0 amide bonds. The molecule has 5 nitrogen and oxygen atoms in total. The van der Waals surface area contributed by atoms with Crippen LogP contribution in [0.1, 0.15) is 44.9 Å². The van der Waals surface area contributed by atoms with E-state index in [1.165, 1.54) is 25.7 Å². The third-order valence-corrected chi connectivity index (χ3v) is 4.20. The molecule has 1 heterocycles. The molecule has 0 saturated carbocycles. The van der Waals surface area contributed by atoms with Crippen LogP contribution in [0.2, 0.25) is 0 Å². The number of aliphatic imine (C=N–C) groups is 1. The first-order valence-corrected chi connectivity index (χ1v) is 8.70. The summed E-state index contributed by atoms with van der Waals surface area (Å²) in [6, 6.07) is 0. The second kappa shape index (κ2) is 10.6. The third-order valence-electron chi connectivity index (χ3n) is 4.20. The minimum absolute atomic E-state index is 0.307. The van der Waals surface area contributed by atoms with Crippen LogP contribution in [0.15, 0.2) is 16.6 Å². The van der Waals surface area contributed by atoms with Crippen molar-refractivity contribution in [2.75, 3.05) is 40.0 Å². The highest BCUT2D eigenvalue weighted by molar-refractivity contribution is 5.79. The minimum atomic E-state index is 0.307. The molecule has 0 bridgehead atoms. The molecule has 1 saturated heterocycles. The molecule has 2 rings (SSSR count). The van der Waals surface area contributed by atoms with E-state index in [9.17, 15) is 0 Å². The van der Waals surface area contributed by atoms with E-state index >= 15 is 0 Å². The van der Waals surface area contributed by atoms with E-state index in [1.54, 1.807) is 5.57 Å². The summed E-state index contributed by atoms with van der Waals surface area (Å²) < 4.78 is 11.0. The third kappa shape index (κ3) is 6.79. The monoisotopic (exact) mass is 309 g/mol. The van der Waals surface area contributed by atoms with Crippen LogP contribution < -0.4 is 10.6 Å². The largest absolute Gasteiger partial charge is 0.379 e. The molecule has 0 aromatic rings. The fourth-order valence-corrected chi connectivity index (χ4v) is 2.87. The molecule has 1 atom stereocenters. The number of nitrogens with zero attached hydrogens (tertiary/aromatic N) is 1. The lowest BCUT2D eigenvalue weighted by Crippen LogP contribution is -2.38. The summed E-state index contributed by atoms with van der Waals surface area (Å²) in [5, 5.41) is 6.73. The number of nitrogens with one attached hydrogen (secondary N) is 2. The first-order valence-electron chi connectivity index (χ1n) is 8.70. The second-order valence-electron chi connectivity index (χ2n) is 5.99. The molecule has 0 aromatic carbocycles. The van der Waals surface area contributed by atoms with Crippen LogP contribution in [0.4, 0.5) is 0 Å². The molecule has 5 heteroatoms. The Bertz CT molecular complexity index is 363. The van der Waals surface area contributed by atoms with Crippen LogP contribution in [0.5, 0.6) is 0 Å². The van der Waals surface area contributed by atoms with Crippen LogP contribution in [0.25, 0.3) is 0 Å². The summed E-state index contributed by atoms with van der Waals surface area (Å²) in [5.41, 5.74) is 1.60. The average Bonchev–Trinajstić information content (AvgIpc) is 3.07. The van der Waals surface area contributed by atoms with Crippen LogP contribution in [-0.2, 0) is 9.47 Å². The summed E-state index contributed by atoms with van der Waals surface area (Å²) >= 11 is 0. The minimum Gasteiger partial charge on any atom is -0.379 e. The van der Waals surface area contributed by atoms with Gasteiger partial charge in [-0.3, -0.25) is 4.99 Å². The van der Waals surface area contributed by atoms with Gasteiger partial charge in [-0.05, 0) is 44.9 Å². The molecule has 0 radical (unpaired) electrons. The summed E-state index contributed by atoms with van der Waals surface area (Å²) in [6.45, 7) is 4.23. The molecule has 1 aliphatic carbocycles. The van der Waals surface area contributed by atoms with Crippen LogP contribution in [-0.4, -0.2) is 52.0 Å². The van der Waals surface area contributed by atoms with Gasteiger partial charge in [0.2, 0.25) is 0 Å². The molecule has 1 unspecified atom stereocenters. The molecule has 126 valence electrons. The van der Waals surface area contributed by atoms with Crippen molar-refractivity contribution >= 4 is 5.96 Å². The van der Waals surface area contributed by atoms with Gasteiger partial charge in [-0.2, -0.15) is 0 Å². The van der Waals surface area contributed by atoms with Crippen LogP contribution in [0, 0.1) is 0 Å². The van der Waals surface area contributed by atoms with Gasteiger partial charge in [-0.25, -0.2) is 0 Å². The summed E-state index contributed by atoms with van der Waals surface area (Å²) in [4.78, 5) is 4.26. The average molecular weight is 309 g/mol. The molecular weight excluding hydrogens is 278 g/mol. The van der Waals surface area contributed by atoms with Crippen molar-refractivity contribution in [1.82, 2.24) is 10.6 Å². The number of hydrogen-bond donors (Lipinski definition) is 2. The predicted molar refractivity (Wildman–Crippen MR) is 90.3 cm³/mol. The van der Waals surface area contributed by atoms with Crippen molar-refractivity contribution in [3.8, 4) is 0 Å². The molecule has 2 N–H and O–H groups in total. The fourth-order valence-electron chi connectivity index (χ4n) is 2.87. The van der Waals surface area contributed by atoms with Gasteiger partial charge in [-0.1, -0.05) is 11.6 Å². The van der Waals surface area contributed by atoms with E-state index in [4.69, 9.17) is 9.47 Å². The van der Waals surface area contributed by atoms with E-state index in [1.807, 2.05) is 7.05 Å².